The molecule has 1 heterocycles. The predicted molar refractivity (Wildman–Crippen MR) is 97.6 cm³/mol. The lowest BCUT2D eigenvalue weighted by molar-refractivity contribution is 0.353. The van der Waals surface area contributed by atoms with E-state index in [4.69, 9.17) is 9.47 Å². The first-order valence-corrected chi connectivity index (χ1v) is 9.02. The van der Waals surface area contributed by atoms with Crippen molar-refractivity contribution >= 4 is 27.7 Å². The maximum Gasteiger partial charge on any atom is 0.214 e. The molecule has 0 spiro atoms. The van der Waals surface area contributed by atoms with Crippen molar-refractivity contribution in [3.8, 4) is 22.9 Å². The van der Waals surface area contributed by atoms with Gasteiger partial charge in [-0.15, -0.1) is 5.10 Å². The summed E-state index contributed by atoms with van der Waals surface area (Å²) in [7, 11) is 3.20. The highest BCUT2D eigenvalue weighted by Crippen LogP contribution is 2.39. The molecule has 0 radical (unpaired) electrons. The number of rotatable bonds is 6. The minimum Gasteiger partial charge on any atom is -0.508 e. The van der Waals surface area contributed by atoms with Crippen molar-refractivity contribution in [1.82, 2.24) is 20.2 Å². The molecule has 1 aromatic heterocycles. The van der Waals surface area contributed by atoms with Crippen molar-refractivity contribution in [3.63, 3.8) is 0 Å². The van der Waals surface area contributed by atoms with E-state index in [0.717, 1.165) is 15.7 Å². The van der Waals surface area contributed by atoms with E-state index >= 15 is 0 Å². The largest absolute Gasteiger partial charge is 0.508 e. The van der Waals surface area contributed by atoms with Gasteiger partial charge in [0, 0.05) is 5.75 Å². The average Bonchev–Trinajstić information content (AvgIpc) is 3.09. The van der Waals surface area contributed by atoms with Crippen LogP contribution in [0.5, 0.6) is 17.2 Å². The van der Waals surface area contributed by atoms with Crippen LogP contribution in [0, 0.1) is 0 Å². The van der Waals surface area contributed by atoms with Crippen LogP contribution < -0.4 is 9.47 Å². The lowest BCUT2D eigenvalue weighted by Gasteiger charge is -2.12. The minimum absolute atomic E-state index is 0.195. The molecule has 0 unspecified atom stereocenters. The summed E-state index contributed by atoms with van der Waals surface area (Å²) in [5.41, 5.74) is 1.81. The maximum absolute atomic E-state index is 9.40. The lowest BCUT2D eigenvalue weighted by Crippen LogP contribution is -1.99. The molecule has 0 aliphatic carbocycles. The molecular weight excluding hydrogens is 408 g/mol. The van der Waals surface area contributed by atoms with E-state index in [9.17, 15) is 5.11 Å². The Kier molecular flexibility index (Phi) is 5.44. The summed E-state index contributed by atoms with van der Waals surface area (Å²) in [6.07, 6.45) is 0. The SMILES string of the molecule is COc1ccc(CSc2nnnn2-c2ccc(O)cc2)c(Br)c1OC. The fourth-order valence-electron chi connectivity index (χ4n) is 2.21. The summed E-state index contributed by atoms with van der Waals surface area (Å²) in [6.45, 7) is 0. The van der Waals surface area contributed by atoms with E-state index in [1.165, 1.54) is 11.8 Å². The third-order valence-corrected chi connectivity index (χ3v) is 5.29. The number of aromatic hydroxyl groups is 1. The Morgan fingerprint density at radius 3 is 2.56 bits per heavy atom. The highest BCUT2D eigenvalue weighted by atomic mass is 79.9. The van der Waals surface area contributed by atoms with E-state index < -0.39 is 0 Å². The Morgan fingerprint density at radius 2 is 1.88 bits per heavy atom. The van der Waals surface area contributed by atoms with Crippen LogP contribution in [0.1, 0.15) is 5.56 Å². The van der Waals surface area contributed by atoms with Crippen molar-refractivity contribution in [1.29, 1.82) is 0 Å². The standard InChI is InChI=1S/C16H15BrN4O3S/c1-23-13-8-3-10(14(17)15(13)24-2)9-25-16-18-19-20-21(16)11-4-6-12(22)7-5-11/h3-8,22H,9H2,1-2H3. The molecule has 1 N–H and O–H groups in total. The van der Waals surface area contributed by atoms with E-state index in [2.05, 4.69) is 31.5 Å². The third kappa shape index (κ3) is 3.72. The maximum atomic E-state index is 9.40. The number of hydrogen-bond acceptors (Lipinski definition) is 7. The van der Waals surface area contributed by atoms with Gasteiger partial charge >= 0.3 is 0 Å². The molecule has 0 saturated carbocycles. The van der Waals surface area contributed by atoms with Crippen LogP contribution in [0.3, 0.4) is 0 Å². The molecule has 0 bridgehead atoms. The summed E-state index contributed by atoms with van der Waals surface area (Å²) in [5, 5.41) is 21.9. The zero-order valence-corrected chi connectivity index (χ0v) is 15.9. The number of thioether (sulfide) groups is 1. The molecule has 0 fully saturated rings. The summed E-state index contributed by atoms with van der Waals surface area (Å²) in [4.78, 5) is 0. The first kappa shape index (κ1) is 17.6. The Balaban J connectivity index is 1.81. The van der Waals surface area contributed by atoms with Gasteiger partial charge in [0.15, 0.2) is 11.5 Å². The zero-order chi connectivity index (χ0) is 17.8. The minimum atomic E-state index is 0.195. The highest BCUT2D eigenvalue weighted by molar-refractivity contribution is 9.10. The number of methoxy groups -OCH3 is 2. The molecular formula is C16H15BrN4O3S. The van der Waals surface area contributed by atoms with Gasteiger partial charge in [0.1, 0.15) is 5.75 Å². The monoisotopic (exact) mass is 422 g/mol. The van der Waals surface area contributed by atoms with Crippen LogP contribution in [0.2, 0.25) is 0 Å². The van der Waals surface area contributed by atoms with Gasteiger partial charge in [-0.25, -0.2) is 0 Å². The Morgan fingerprint density at radius 1 is 1.12 bits per heavy atom. The second-order valence-electron chi connectivity index (χ2n) is 4.95. The van der Waals surface area contributed by atoms with Crippen molar-refractivity contribution in [2.45, 2.75) is 10.9 Å². The first-order valence-electron chi connectivity index (χ1n) is 7.24. The van der Waals surface area contributed by atoms with Crippen LogP contribution in [0.15, 0.2) is 46.0 Å². The highest BCUT2D eigenvalue weighted by Gasteiger charge is 2.15. The van der Waals surface area contributed by atoms with Gasteiger partial charge in [-0.1, -0.05) is 17.8 Å². The Hall–Kier alpha value is -2.26. The van der Waals surface area contributed by atoms with E-state index in [1.807, 2.05) is 12.1 Å². The normalized spacial score (nSPS) is 10.7. The number of ether oxygens (including phenoxy) is 2. The second-order valence-corrected chi connectivity index (χ2v) is 6.69. The number of phenols is 1. The molecule has 25 heavy (non-hydrogen) atoms. The van der Waals surface area contributed by atoms with Gasteiger partial charge in [-0.2, -0.15) is 4.68 Å². The number of benzene rings is 2. The van der Waals surface area contributed by atoms with Crippen LogP contribution in [0.4, 0.5) is 0 Å². The predicted octanol–water partition coefficient (Wildman–Crippen LogP) is 3.44. The summed E-state index contributed by atoms with van der Waals surface area (Å²) >= 11 is 5.05. The molecule has 0 saturated heterocycles. The summed E-state index contributed by atoms with van der Waals surface area (Å²) < 4.78 is 13.2. The van der Waals surface area contributed by atoms with Crippen molar-refractivity contribution < 1.29 is 14.6 Å². The van der Waals surface area contributed by atoms with Crippen molar-refractivity contribution in [2.75, 3.05) is 14.2 Å². The Bertz CT molecular complexity index is 870. The van der Waals surface area contributed by atoms with Gasteiger partial charge in [-0.3, -0.25) is 0 Å². The summed E-state index contributed by atoms with van der Waals surface area (Å²) in [6, 6.07) is 10.5. The average molecular weight is 423 g/mol. The molecule has 3 rings (SSSR count). The van der Waals surface area contributed by atoms with Gasteiger partial charge in [0.2, 0.25) is 5.16 Å². The molecule has 3 aromatic rings. The second kappa shape index (κ2) is 7.75. The van der Waals surface area contributed by atoms with Crippen LogP contribution >= 0.6 is 27.7 Å². The van der Waals surface area contributed by atoms with Gasteiger partial charge < -0.3 is 14.6 Å². The molecule has 130 valence electrons. The van der Waals surface area contributed by atoms with Crippen molar-refractivity contribution in [3.05, 3.63) is 46.4 Å². The molecule has 0 aliphatic rings. The topological polar surface area (TPSA) is 82.3 Å². The fraction of sp³-hybridized carbons (Fsp3) is 0.188. The number of tetrazole rings is 1. The van der Waals surface area contributed by atoms with Crippen LogP contribution in [-0.4, -0.2) is 39.5 Å². The number of halogens is 1. The van der Waals surface area contributed by atoms with E-state index in [1.54, 1.807) is 43.2 Å². The molecule has 0 atom stereocenters. The molecule has 9 heteroatoms. The number of phenolic OH excluding ortho intramolecular Hbond substituents is 1. The van der Waals surface area contributed by atoms with Gasteiger partial charge in [-0.05, 0) is 62.3 Å². The lowest BCUT2D eigenvalue weighted by atomic mass is 10.2. The van der Waals surface area contributed by atoms with E-state index in [-0.39, 0.29) is 5.75 Å². The fourth-order valence-corrected chi connectivity index (χ4v) is 3.91. The molecule has 0 aliphatic heterocycles. The first-order chi connectivity index (χ1) is 12.1. The number of aromatic nitrogens is 4. The Labute approximate surface area is 157 Å². The van der Waals surface area contributed by atoms with E-state index in [0.29, 0.717) is 22.4 Å². The molecule has 2 aromatic carbocycles. The third-order valence-electron chi connectivity index (χ3n) is 3.46. The number of hydrogen-bond donors (Lipinski definition) is 1. The molecule has 0 amide bonds. The number of nitrogens with zero attached hydrogens (tertiary/aromatic N) is 4. The van der Waals surface area contributed by atoms with Crippen LogP contribution in [0.25, 0.3) is 5.69 Å². The quantitative estimate of drug-likeness (QED) is 0.609. The molecule has 7 nitrogen and oxygen atoms in total. The summed E-state index contributed by atoms with van der Waals surface area (Å²) in [5.74, 6) is 2.15. The van der Waals surface area contributed by atoms with Gasteiger partial charge in [0.05, 0.1) is 24.4 Å². The van der Waals surface area contributed by atoms with Crippen LogP contribution in [-0.2, 0) is 5.75 Å². The zero-order valence-electron chi connectivity index (χ0n) is 13.5. The van der Waals surface area contributed by atoms with Crippen molar-refractivity contribution in [2.24, 2.45) is 0 Å². The smallest absolute Gasteiger partial charge is 0.214 e. The van der Waals surface area contributed by atoms with Gasteiger partial charge in [0.25, 0.3) is 0 Å².